The van der Waals surface area contributed by atoms with Crippen molar-refractivity contribution in [1.82, 2.24) is 4.90 Å². The molecule has 0 atom stereocenters. The van der Waals surface area contributed by atoms with Gasteiger partial charge in [-0.05, 0) is 24.2 Å². The Labute approximate surface area is 94.0 Å². The first kappa shape index (κ1) is 12.5. The van der Waals surface area contributed by atoms with Crippen molar-refractivity contribution in [2.24, 2.45) is 11.3 Å². The maximum absolute atomic E-state index is 11.9. The number of piperidine rings is 1. The Bertz CT molecular complexity index is 209. The van der Waals surface area contributed by atoms with Crippen LogP contribution in [0.3, 0.4) is 0 Å². The van der Waals surface area contributed by atoms with Crippen LogP contribution in [-0.2, 0) is 4.79 Å². The molecule has 0 N–H and O–H groups in total. The molecule has 0 spiro atoms. The Morgan fingerprint density at radius 2 is 1.80 bits per heavy atom. The minimum Gasteiger partial charge on any atom is -0.343 e. The summed E-state index contributed by atoms with van der Waals surface area (Å²) < 4.78 is 0. The third kappa shape index (κ3) is 4.23. The van der Waals surface area contributed by atoms with Crippen molar-refractivity contribution < 1.29 is 4.79 Å². The highest BCUT2D eigenvalue weighted by Crippen LogP contribution is 2.24. The highest BCUT2D eigenvalue weighted by molar-refractivity contribution is 5.76. The lowest BCUT2D eigenvalue weighted by molar-refractivity contribution is -0.134. The van der Waals surface area contributed by atoms with Gasteiger partial charge in [0.15, 0.2) is 0 Å². The zero-order valence-corrected chi connectivity index (χ0v) is 10.7. The smallest absolute Gasteiger partial charge is 0.223 e. The van der Waals surface area contributed by atoms with Crippen molar-refractivity contribution in [3.63, 3.8) is 0 Å². The molecule has 1 amide bonds. The summed E-state index contributed by atoms with van der Waals surface area (Å²) in [5.41, 5.74) is 0.124. The highest BCUT2D eigenvalue weighted by Gasteiger charge is 2.24. The number of rotatable bonds is 2. The van der Waals surface area contributed by atoms with Crippen LogP contribution in [0.2, 0.25) is 0 Å². The molecule has 0 radical (unpaired) electrons. The van der Waals surface area contributed by atoms with E-state index in [-0.39, 0.29) is 5.41 Å². The van der Waals surface area contributed by atoms with E-state index in [1.807, 2.05) is 0 Å². The number of likely N-dealkylation sites (tertiary alicyclic amines) is 1. The Morgan fingerprint density at radius 3 is 2.20 bits per heavy atom. The molecule has 1 rings (SSSR count). The monoisotopic (exact) mass is 211 g/mol. The van der Waals surface area contributed by atoms with Crippen LogP contribution in [0.5, 0.6) is 0 Å². The second-order valence-electron chi connectivity index (χ2n) is 5.97. The van der Waals surface area contributed by atoms with Crippen LogP contribution in [0, 0.1) is 11.3 Å². The van der Waals surface area contributed by atoms with Gasteiger partial charge in [-0.25, -0.2) is 0 Å². The molecule has 1 heterocycles. The minimum atomic E-state index is 0.124. The number of hydrogen-bond acceptors (Lipinski definition) is 1. The average Bonchev–Trinajstić information content (AvgIpc) is 2.15. The summed E-state index contributed by atoms with van der Waals surface area (Å²) in [4.78, 5) is 14.0. The average molecular weight is 211 g/mol. The van der Waals surface area contributed by atoms with E-state index in [0.717, 1.165) is 19.0 Å². The molecule has 0 aromatic heterocycles. The Hall–Kier alpha value is -0.530. The summed E-state index contributed by atoms with van der Waals surface area (Å²) in [5, 5.41) is 0. The van der Waals surface area contributed by atoms with E-state index in [0.29, 0.717) is 12.3 Å². The van der Waals surface area contributed by atoms with Crippen LogP contribution in [-0.4, -0.2) is 23.9 Å². The lowest BCUT2D eigenvalue weighted by Gasteiger charge is -2.33. The van der Waals surface area contributed by atoms with E-state index in [4.69, 9.17) is 0 Å². The fourth-order valence-electron chi connectivity index (χ4n) is 2.16. The van der Waals surface area contributed by atoms with Gasteiger partial charge in [-0.3, -0.25) is 4.79 Å². The molecule has 2 nitrogen and oxygen atoms in total. The van der Waals surface area contributed by atoms with Gasteiger partial charge in [0.25, 0.3) is 0 Å². The predicted molar refractivity (Wildman–Crippen MR) is 63.7 cm³/mol. The molecule has 1 fully saturated rings. The standard InChI is InChI=1S/C13H25NO/c1-5-11-6-8-14(9-7-11)12(15)10-13(2,3)4/h11H,5-10H2,1-4H3. The van der Waals surface area contributed by atoms with Gasteiger partial charge in [0.1, 0.15) is 0 Å². The maximum Gasteiger partial charge on any atom is 0.223 e. The third-order valence-corrected chi connectivity index (χ3v) is 3.23. The van der Waals surface area contributed by atoms with Gasteiger partial charge in [-0.15, -0.1) is 0 Å². The van der Waals surface area contributed by atoms with Crippen LogP contribution < -0.4 is 0 Å². The summed E-state index contributed by atoms with van der Waals surface area (Å²) in [6, 6.07) is 0. The van der Waals surface area contributed by atoms with E-state index in [2.05, 4.69) is 32.6 Å². The van der Waals surface area contributed by atoms with Crippen molar-refractivity contribution >= 4 is 5.91 Å². The van der Waals surface area contributed by atoms with E-state index < -0.39 is 0 Å². The lowest BCUT2D eigenvalue weighted by atomic mass is 9.90. The van der Waals surface area contributed by atoms with E-state index in [1.165, 1.54) is 19.3 Å². The first-order chi connectivity index (χ1) is 6.92. The van der Waals surface area contributed by atoms with Crippen LogP contribution in [0.15, 0.2) is 0 Å². The summed E-state index contributed by atoms with van der Waals surface area (Å²) in [6.45, 7) is 10.6. The van der Waals surface area contributed by atoms with E-state index in [9.17, 15) is 4.79 Å². The van der Waals surface area contributed by atoms with Gasteiger partial charge in [0.2, 0.25) is 5.91 Å². The summed E-state index contributed by atoms with van der Waals surface area (Å²) in [6.07, 6.45) is 4.35. The van der Waals surface area contributed by atoms with Gasteiger partial charge in [-0.1, -0.05) is 34.1 Å². The second kappa shape index (κ2) is 5.00. The van der Waals surface area contributed by atoms with Gasteiger partial charge in [-0.2, -0.15) is 0 Å². The van der Waals surface area contributed by atoms with Crippen LogP contribution in [0.1, 0.15) is 53.4 Å². The van der Waals surface area contributed by atoms with Crippen molar-refractivity contribution in [2.45, 2.75) is 53.4 Å². The van der Waals surface area contributed by atoms with Crippen LogP contribution >= 0.6 is 0 Å². The third-order valence-electron chi connectivity index (χ3n) is 3.23. The molecular weight excluding hydrogens is 186 g/mol. The SMILES string of the molecule is CCC1CCN(C(=O)CC(C)(C)C)CC1. The molecule has 0 aromatic carbocycles. The molecule has 2 heteroatoms. The van der Waals surface area contributed by atoms with Crippen molar-refractivity contribution in [3.05, 3.63) is 0 Å². The zero-order valence-electron chi connectivity index (χ0n) is 10.7. The lowest BCUT2D eigenvalue weighted by Crippen LogP contribution is -2.39. The van der Waals surface area contributed by atoms with Gasteiger partial charge in [0.05, 0.1) is 0 Å². The predicted octanol–water partition coefficient (Wildman–Crippen LogP) is 3.07. The fraction of sp³-hybridized carbons (Fsp3) is 0.923. The molecule has 0 aliphatic carbocycles. The maximum atomic E-state index is 11.9. The topological polar surface area (TPSA) is 20.3 Å². The largest absolute Gasteiger partial charge is 0.343 e. The number of carbonyl (C=O) groups is 1. The van der Waals surface area contributed by atoms with E-state index in [1.54, 1.807) is 0 Å². The molecule has 0 bridgehead atoms. The van der Waals surface area contributed by atoms with Crippen LogP contribution in [0.25, 0.3) is 0 Å². The minimum absolute atomic E-state index is 0.124. The quantitative estimate of drug-likeness (QED) is 0.687. The number of amides is 1. The summed E-state index contributed by atoms with van der Waals surface area (Å²) in [5.74, 6) is 1.20. The normalized spacial score (nSPS) is 19.3. The van der Waals surface area contributed by atoms with Crippen LogP contribution in [0.4, 0.5) is 0 Å². The van der Waals surface area contributed by atoms with Crippen molar-refractivity contribution in [1.29, 1.82) is 0 Å². The van der Waals surface area contributed by atoms with Gasteiger partial charge >= 0.3 is 0 Å². The molecule has 0 saturated carbocycles. The second-order valence-corrected chi connectivity index (χ2v) is 5.97. The molecule has 1 aliphatic rings. The number of nitrogens with zero attached hydrogens (tertiary/aromatic N) is 1. The first-order valence-electron chi connectivity index (χ1n) is 6.20. The molecule has 15 heavy (non-hydrogen) atoms. The fourth-order valence-corrected chi connectivity index (χ4v) is 2.16. The zero-order chi connectivity index (χ0) is 11.5. The highest BCUT2D eigenvalue weighted by atomic mass is 16.2. The first-order valence-corrected chi connectivity index (χ1v) is 6.20. The summed E-state index contributed by atoms with van der Waals surface area (Å²) in [7, 11) is 0. The Balaban J connectivity index is 2.37. The van der Waals surface area contributed by atoms with Gasteiger partial charge < -0.3 is 4.90 Å². The molecule has 0 unspecified atom stereocenters. The summed E-state index contributed by atoms with van der Waals surface area (Å²) >= 11 is 0. The van der Waals surface area contributed by atoms with Crippen molar-refractivity contribution in [2.75, 3.05) is 13.1 Å². The molecule has 0 aromatic rings. The molecule has 1 aliphatic heterocycles. The molecule has 88 valence electrons. The molecule has 1 saturated heterocycles. The Kier molecular flexibility index (Phi) is 4.18. The van der Waals surface area contributed by atoms with E-state index >= 15 is 0 Å². The molecular formula is C13H25NO. The van der Waals surface area contributed by atoms with Gasteiger partial charge in [0, 0.05) is 19.5 Å². The number of carbonyl (C=O) groups excluding carboxylic acids is 1. The van der Waals surface area contributed by atoms with Crippen molar-refractivity contribution in [3.8, 4) is 0 Å². The Morgan fingerprint density at radius 1 is 1.27 bits per heavy atom. The number of hydrogen-bond donors (Lipinski definition) is 0.